The molecule has 2 rings (SSSR count). The highest BCUT2D eigenvalue weighted by Crippen LogP contribution is 2.27. The first-order chi connectivity index (χ1) is 13.3. The number of benzene rings is 2. The Hall–Kier alpha value is -3.35. The van der Waals surface area contributed by atoms with Crippen molar-refractivity contribution in [1.29, 1.82) is 0 Å². The predicted octanol–water partition coefficient (Wildman–Crippen LogP) is 3.48. The zero-order chi connectivity index (χ0) is 20.7. The summed E-state index contributed by atoms with van der Waals surface area (Å²) >= 11 is 0. The third kappa shape index (κ3) is 4.68. The van der Waals surface area contributed by atoms with E-state index in [0.717, 1.165) is 0 Å². The minimum atomic E-state index is -1.41. The van der Waals surface area contributed by atoms with E-state index in [-0.39, 0.29) is 17.9 Å². The Bertz CT molecular complexity index is 877. The number of carbonyl (C=O) groups excluding carboxylic acids is 3. The molecule has 0 unspecified atom stereocenters. The smallest absolute Gasteiger partial charge is 0.340 e. The van der Waals surface area contributed by atoms with Gasteiger partial charge < -0.3 is 20.1 Å². The summed E-state index contributed by atoms with van der Waals surface area (Å²) in [7, 11) is 1.50. The van der Waals surface area contributed by atoms with Crippen LogP contribution in [0.2, 0.25) is 0 Å². The molecule has 0 spiro atoms. The number of esters is 1. The van der Waals surface area contributed by atoms with Crippen molar-refractivity contribution in [1.82, 2.24) is 0 Å². The highest BCUT2D eigenvalue weighted by atomic mass is 16.5. The maximum absolute atomic E-state index is 12.8. The Kier molecular flexibility index (Phi) is 6.76. The monoisotopic (exact) mass is 384 g/mol. The first-order valence-electron chi connectivity index (χ1n) is 8.83. The van der Waals surface area contributed by atoms with Crippen LogP contribution < -0.4 is 15.4 Å². The molecule has 2 aromatic carbocycles. The Morgan fingerprint density at radius 3 is 2.04 bits per heavy atom. The molecule has 0 aliphatic heterocycles. The number of ether oxygens (including phenoxy) is 2. The molecule has 0 aliphatic carbocycles. The molecule has 148 valence electrons. The molecule has 0 bridgehead atoms. The van der Waals surface area contributed by atoms with E-state index in [1.165, 1.54) is 21.0 Å². The van der Waals surface area contributed by atoms with E-state index in [9.17, 15) is 14.4 Å². The average molecular weight is 384 g/mol. The van der Waals surface area contributed by atoms with Gasteiger partial charge in [-0.15, -0.1) is 0 Å². The Labute approximate surface area is 164 Å². The first-order valence-corrected chi connectivity index (χ1v) is 8.83. The second-order valence-corrected chi connectivity index (χ2v) is 6.50. The summed E-state index contributed by atoms with van der Waals surface area (Å²) in [5.74, 6) is -1.13. The van der Waals surface area contributed by atoms with Crippen molar-refractivity contribution in [3.8, 4) is 5.75 Å². The van der Waals surface area contributed by atoms with Crippen LogP contribution in [0.5, 0.6) is 5.75 Å². The van der Waals surface area contributed by atoms with E-state index in [2.05, 4.69) is 10.6 Å². The zero-order valence-electron chi connectivity index (χ0n) is 16.4. The van der Waals surface area contributed by atoms with Crippen molar-refractivity contribution < 1.29 is 23.9 Å². The summed E-state index contributed by atoms with van der Waals surface area (Å²) in [6, 6.07) is 13.4. The van der Waals surface area contributed by atoms with Crippen molar-refractivity contribution in [2.24, 2.45) is 5.41 Å². The zero-order valence-corrected chi connectivity index (χ0v) is 16.4. The van der Waals surface area contributed by atoms with Gasteiger partial charge in [0.05, 0.1) is 30.7 Å². The highest BCUT2D eigenvalue weighted by molar-refractivity contribution is 6.15. The lowest BCUT2D eigenvalue weighted by atomic mass is 9.90. The number of para-hydroxylation sites is 3. The quantitative estimate of drug-likeness (QED) is 0.563. The average Bonchev–Trinajstić information content (AvgIpc) is 2.68. The van der Waals surface area contributed by atoms with E-state index < -0.39 is 23.2 Å². The van der Waals surface area contributed by atoms with Gasteiger partial charge in [0.25, 0.3) is 0 Å². The Morgan fingerprint density at radius 1 is 0.893 bits per heavy atom. The second kappa shape index (κ2) is 9.03. The summed E-state index contributed by atoms with van der Waals surface area (Å²) in [5, 5.41) is 5.36. The molecule has 0 saturated heterocycles. The lowest BCUT2D eigenvalue weighted by molar-refractivity contribution is -0.135. The minimum absolute atomic E-state index is 0.216. The second-order valence-electron chi connectivity index (χ2n) is 6.50. The van der Waals surface area contributed by atoms with Crippen LogP contribution in [0.4, 0.5) is 11.4 Å². The number of methoxy groups -OCH3 is 1. The maximum atomic E-state index is 12.8. The van der Waals surface area contributed by atoms with Crippen LogP contribution in [0.3, 0.4) is 0 Å². The number of amides is 2. The van der Waals surface area contributed by atoms with Crippen molar-refractivity contribution in [3.63, 3.8) is 0 Å². The number of carbonyl (C=O) groups is 3. The lowest BCUT2D eigenvalue weighted by Crippen LogP contribution is -2.41. The molecule has 0 radical (unpaired) electrons. The molecule has 7 nitrogen and oxygen atoms in total. The van der Waals surface area contributed by atoms with E-state index in [4.69, 9.17) is 9.47 Å². The van der Waals surface area contributed by atoms with Gasteiger partial charge in [0.2, 0.25) is 11.8 Å². The normalized spacial score (nSPS) is 10.7. The van der Waals surface area contributed by atoms with Gasteiger partial charge in [0.15, 0.2) is 0 Å². The summed E-state index contributed by atoms with van der Waals surface area (Å²) in [6.45, 7) is 4.92. The summed E-state index contributed by atoms with van der Waals surface area (Å²) in [4.78, 5) is 37.6. The molecule has 2 amide bonds. The van der Waals surface area contributed by atoms with Crippen LogP contribution in [-0.2, 0) is 14.3 Å². The van der Waals surface area contributed by atoms with Crippen LogP contribution in [0.25, 0.3) is 0 Å². The molecular weight excluding hydrogens is 360 g/mol. The lowest BCUT2D eigenvalue weighted by Gasteiger charge is -2.24. The standard InChI is InChI=1S/C21H24N2O5/c1-5-28-18(24)14-10-6-7-11-15(14)22-19(25)21(2,3)20(26)23-16-12-8-9-13-17(16)27-4/h6-13H,5H2,1-4H3,(H,22,25)(H,23,26). The molecule has 0 saturated carbocycles. The van der Waals surface area contributed by atoms with Gasteiger partial charge in [0.1, 0.15) is 11.2 Å². The molecule has 0 heterocycles. The number of rotatable bonds is 7. The molecule has 7 heteroatoms. The molecule has 2 N–H and O–H groups in total. The largest absolute Gasteiger partial charge is 0.495 e. The topological polar surface area (TPSA) is 93.7 Å². The molecule has 28 heavy (non-hydrogen) atoms. The molecule has 0 aliphatic rings. The third-order valence-corrected chi connectivity index (χ3v) is 4.16. The van der Waals surface area contributed by atoms with Crippen LogP contribution >= 0.6 is 0 Å². The van der Waals surface area contributed by atoms with Crippen molar-refractivity contribution in [3.05, 3.63) is 54.1 Å². The van der Waals surface area contributed by atoms with E-state index in [1.807, 2.05) is 0 Å². The van der Waals surface area contributed by atoms with Crippen LogP contribution in [0, 0.1) is 5.41 Å². The fourth-order valence-electron chi connectivity index (χ4n) is 2.39. The molecular formula is C21H24N2O5. The van der Waals surface area contributed by atoms with Gasteiger partial charge in [-0.3, -0.25) is 9.59 Å². The van der Waals surface area contributed by atoms with E-state index in [0.29, 0.717) is 11.4 Å². The van der Waals surface area contributed by atoms with Gasteiger partial charge >= 0.3 is 5.97 Å². The summed E-state index contributed by atoms with van der Waals surface area (Å²) < 4.78 is 10.2. The maximum Gasteiger partial charge on any atom is 0.340 e. The Balaban J connectivity index is 2.19. The van der Waals surface area contributed by atoms with Crippen molar-refractivity contribution in [2.45, 2.75) is 20.8 Å². The van der Waals surface area contributed by atoms with Gasteiger partial charge in [-0.1, -0.05) is 24.3 Å². The van der Waals surface area contributed by atoms with Gasteiger partial charge in [-0.05, 0) is 45.0 Å². The van der Waals surface area contributed by atoms with Gasteiger partial charge in [0, 0.05) is 0 Å². The Morgan fingerprint density at radius 2 is 1.43 bits per heavy atom. The van der Waals surface area contributed by atoms with Crippen LogP contribution in [0.1, 0.15) is 31.1 Å². The molecule has 2 aromatic rings. The van der Waals surface area contributed by atoms with E-state index >= 15 is 0 Å². The SMILES string of the molecule is CCOC(=O)c1ccccc1NC(=O)C(C)(C)C(=O)Nc1ccccc1OC. The minimum Gasteiger partial charge on any atom is -0.495 e. The number of anilines is 2. The predicted molar refractivity (Wildman–Crippen MR) is 106 cm³/mol. The first kappa shape index (κ1) is 21.0. The fourth-order valence-corrected chi connectivity index (χ4v) is 2.39. The van der Waals surface area contributed by atoms with Gasteiger partial charge in [-0.2, -0.15) is 0 Å². The molecule has 0 fully saturated rings. The number of nitrogens with one attached hydrogen (secondary N) is 2. The van der Waals surface area contributed by atoms with E-state index in [1.54, 1.807) is 55.5 Å². The summed E-state index contributed by atoms with van der Waals surface area (Å²) in [5.41, 5.74) is -0.451. The molecule has 0 atom stereocenters. The van der Waals surface area contributed by atoms with Crippen LogP contribution in [-0.4, -0.2) is 31.5 Å². The third-order valence-electron chi connectivity index (χ3n) is 4.16. The number of hydrogen-bond acceptors (Lipinski definition) is 5. The van der Waals surface area contributed by atoms with Crippen LogP contribution in [0.15, 0.2) is 48.5 Å². The summed E-state index contributed by atoms with van der Waals surface area (Å²) in [6.07, 6.45) is 0. The van der Waals surface area contributed by atoms with Gasteiger partial charge in [-0.25, -0.2) is 4.79 Å². The van der Waals surface area contributed by atoms with Crippen molar-refractivity contribution in [2.75, 3.05) is 24.4 Å². The highest BCUT2D eigenvalue weighted by Gasteiger charge is 2.37. The number of hydrogen-bond donors (Lipinski definition) is 2. The van der Waals surface area contributed by atoms with Crippen molar-refractivity contribution >= 4 is 29.2 Å². The fraction of sp³-hybridized carbons (Fsp3) is 0.286. The molecule has 0 aromatic heterocycles.